The number of fused-ring (bicyclic) bond motifs is 3. The molecule has 0 unspecified atom stereocenters. The summed E-state index contributed by atoms with van der Waals surface area (Å²) in [7, 11) is 0. The van der Waals surface area contributed by atoms with E-state index in [-0.39, 0.29) is 5.69 Å². The molecular weight excluding hydrogens is 363 g/mol. The smallest absolute Gasteiger partial charge is 0.356 e. The summed E-state index contributed by atoms with van der Waals surface area (Å²) < 4.78 is 7.40. The zero-order valence-electron chi connectivity index (χ0n) is 12.9. The maximum atomic E-state index is 11.7. The summed E-state index contributed by atoms with van der Waals surface area (Å²) in [4.78, 5) is 11.7. The van der Waals surface area contributed by atoms with E-state index in [2.05, 4.69) is 5.10 Å². The van der Waals surface area contributed by atoms with Crippen molar-refractivity contribution < 1.29 is 14.6 Å². The highest BCUT2D eigenvalue weighted by molar-refractivity contribution is 6.31. The Hall–Kier alpha value is -2.50. The highest BCUT2D eigenvalue weighted by atomic mass is 35.5. The lowest BCUT2D eigenvalue weighted by Gasteiger charge is -2.11. The van der Waals surface area contributed by atoms with Gasteiger partial charge in [0.25, 0.3) is 0 Å². The molecule has 0 atom stereocenters. The number of carbonyl (C=O) groups is 1. The van der Waals surface area contributed by atoms with Crippen LogP contribution in [0, 0.1) is 0 Å². The molecule has 0 saturated carbocycles. The number of carboxylic acid groups (broad SMARTS) is 1. The Bertz CT molecular complexity index is 981. The molecule has 2 aromatic carbocycles. The Labute approximate surface area is 153 Å². The molecule has 0 radical (unpaired) electrons. The fourth-order valence-corrected chi connectivity index (χ4v) is 3.27. The highest BCUT2D eigenvalue weighted by Crippen LogP contribution is 2.39. The lowest BCUT2D eigenvalue weighted by molar-refractivity contribution is 0.0688. The maximum Gasteiger partial charge on any atom is 0.356 e. The first-order valence-corrected chi connectivity index (χ1v) is 8.34. The number of nitrogens with zero attached hydrogens (tertiary/aromatic N) is 2. The van der Waals surface area contributed by atoms with Crippen LogP contribution >= 0.6 is 23.2 Å². The minimum absolute atomic E-state index is 0.0244. The standard InChI is InChI=1S/C18H12Cl2N2O3/c19-10-1-4-12(5-2-10)22-17-13-6-3-11(20)9-15(13)25-8-7-14(17)16(21-22)18(23)24/h1-6,9H,7-8H2,(H,23,24). The second-order valence-electron chi connectivity index (χ2n) is 5.61. The van der Waals surface area contributed by atoms with E-state index in [1.165, 1.54) is 0 Å². The van der Waals surface area contributed by atoms with Crippen LogP contribution in [0.1, 0.15) is 16.1 Å². The molecule has 0 aliphatic carbocycles. The molecule has 1 aliphatic heterocycles. The zero-order chi connectivity index (χ0) is 17.6. The van der Waals surface area contributed by atoms with E-state index in [1.807, 2.05) is 6.07 Å². The maximum absolute atomic E-state index is 11.7. The number of carboxylic acids is 1. The van der Waals surface area contributed by atoms with Crippen molar-refractivity contribution in [3.63, 3.8) is 0 Å². The summed E-state index contributed by atoms with van der Waals surface area (Å²) in [6.07, 6.45) is 0.441. The van der Waals surface area contributed by atoms with Gasteiger partial charge in [0.15, 0.2) is 5.69 Å². The normalized spacial score (nSPS) is 12.7. The van der Waals surface area contributed by atoms with Gasteiger partial charge < -0.3 is 9.84 Å². The Morgan fingerprint density at radius 1 is 1.12 bits per heavy atom. The van der Waals surface area contributed by atoms with Gasteiger partial charge in [0, 0.05) is 27.6 Å². The third kappa shape index (κ3) is 2.75. The summed E-state index contributed by atoms with van der Waals surface area (Å²) in [5.74, 6) is -0.459. The predicted octanol–water partition coefficient (Wildman–Crippen LogP) is 4.48. The van der Waals surface area contributed by atoms with Crippen LogP contribution in [-0.4, -0.2) is 27.5 Å². The second kappa shape index (κ2) is 6.10. The fraction of sp³-hybridized carbons (Fsp3) is 0.111. The Balaban J connectivity index is 2.03. The number of hydrogen-bond donors (Lipinski definition) is 1. The van der Waals surface area contributed by atoms with Crippen molar-refractivity contribution in [1.82, 2.24) is 9.78 Å². The molecule has 0 bridgehead atoms. The molecule has 5 nitrogen and oxygen atoms in total. The van der Waals surface area contributed by atoms with E-state index < -0.39 is 5.97 Å². The first kappa shape index (κ1) is 16.0. The molecule has 4 rings (SSSR count). The van der Waals surface area contributed by atoms with Gasteiger partial charge in [-0.05, 0) is 42.5 Å². The molecule has 25 heavy (non-hydrogen) atoms. The van der Waals surface area contributed by atoms with Crippen molar-refractivity contribution in [1.29, 1.82) is 0 Å². The lowest BCUT2D eigenvalue weighted by Crippen LogP contribution is -2.06. The van der Waals surface area contributed by atoms with E-state index in [9.17, 15) is 9.90 Å². The van der Waals surface area contributed by atoms with Gasteiger partial charge in [-0.1, -0.05) is 23.2 Å². The van der Waals surface area contributed by atoms with E-state index >= 15 is 0 Å². The highest BCUT2D eigenvalue weighted by Gasteiger charge is 2.28. The van der Waals surface area contributed by atoms with Crippen molar-refractivity contribution in [3.05, 3.63) is 63.8 Å². The SMILES string of the molecule is O=C(O)c1nn(-c2ccc(Cl)cc2)c2c1CCOc1cc(Cl)ccc1-2. The second-order valence-corrected chi connectivity index (χ2v) is 6.48. The van der Waals surface area contributed by atoms with Gasteiger partial charge in [0.05, 0.1) is 18.0 Å². The number of ether oxygens (including phenoxy) is 1. The molecule has 1 aromatic heterocycles. The summed E-state index contributed by atoms with van der Waals surface area (Å²) >= 11 is 12.0. The zero-order valence-corrected chi connectivity index (χ0v) is 14.4. The number of aromatic nitrogens is 2. The topological polar surface area (TPSA) is 64.3 Å². The van der Waals surface area contributed by atoms with Crippen molar-refractivity contribution >= 4 is 29.2 Å². The third-order valence-corrected chi connectivity index (χ3v) is 4.55. The Morgan fingerprint density at radius 2 is 1.84 bits per heavy atom. The lowest BCUT2D eigenvalue weighted by atomic mass is 10.0. The van der Waals surface area contributed by atoms with Gasteiger partial charge in [-0.15, -0.1) is 0 Å². The number of hydrogen-bond acceptors (Lipinski definition) is 3. The van der Waals surface area contributed by atoms with Gasteiger partial charge in [-0.3, -0.25) is 0 Å². The molecule has 0 saturated heterocycles. The third-order valence-electron chi connectivity index (χ3n) is 4.07. The minimum atomic E-state index is -1.07. The average molecular weight is 375 g/mol. The van der Waals surface area contributed by atoms with Gasteiger partial charge in [0.2, 0.25) is 0 Å². The molecule has 1 aliphatic rings. The van der Waals surface area contributed by atoms with Crippen molar-refractivity contribution in [2.24, 2.45) is 0 Å². The molecule has 1 N–H and O–H groups in total. The number of benzene rings is 2. The van der Waals surface area contributed by atoms with Crippen LogP contribution in [0.4, 0.5) is 0 Å². The van der Waals surface area contributed by atoms with Crippen LogP contribution < -0.4 is 4.74 Å². The minimum Gasteiger partial charge on any atom is -0.492 e. The summed E-state index contributed by atoms with van der Waals surface area (Å²) in [5.41, 5.74) is 2.84. The van der Waals surface area contributed by atoms with E-state index in [0.717, 1.165) is 11.3 Å². The quantitative estimate of drug-likeness (QED) is 0.718. The van der Waals surface area contributed by atoms with Gasteiger partial charge in [-0.25, -0.2) is 9.48 Å². The van der Waals surface area contributed by atoms with Gasteiger partial charge >= 0.3 is 5.97 Å². The Kier molecular flexibility index (Phi) is 3.90. The largest absolute Gasteiger partial charge is 0.492 e. The van der Waals surface area contributed by atoms with Crippen molar-refractivity contribution in [2.45, 2.75) is 6.42 Å². The van der Waals surface area contributed by atoms with E-state index in [0.29, 0.717) is 40.1 Å². The molecule has 3 aromatic rings. The van der Waals surface area contributed by atoms with Crippen LogP contribution in [-0.2, 0) is 6.42 Å². The molecule has 2 heterocycles. The summed E-state index contributed by atoms with van der Waals surface area (Å²) in [6, 6.07) is 12.4. The van der Waals surface area contributed by atoms with Crippen LogP contribution in [0.2, 0.25) is 10.0 Å². The van der Waals surface area contributed by atoms with Crippen LogP contribution in [0.15, 0.2) is 42.5 Å². The van der Waals surface area contributed by atoms with Crippen LogP contribution in [0.5, 0.6) is 5.75 Å². The van der Waals surface area contributed by atoms with Gasteiger partial charge in [0.1, 0.15) is 5.75 Å². The molecule has 126 valence electrons. The molecular formula is C18H12Cl2N2O3. The Morgan fingerprint density at radius 3 is 2.56 bits per heavy atom. The van der Waals surface area contributed by atoms with Gasteiger partial charge in [-0.2, -0.15) is 5.10 Å². The molecule has 0 amide bonds. The number of aromatic carboxylic acids is 1. The van der Waals surface area contributed by atoms with Crippen LogP contribution in [0.25, 0.3) is 16.9 Å². The van der Waals surface area contributed by atoms with E-state index in [1.54, 1.807) is 41.1 Å². The molecule has 0 spiro atoms. The average Bonchev–Trinajstić information content (AvgIpc) is 2.86. The van der Waals surface area contributed by atoms with Crippen LogP contribution in [0.3, 0.4) is 0 Å². The molecule has 0 fully saturated rings. The number of halogens is 2. The first-order valence-electron chi connectivity index (χ1n) is 7.58. The van der Waals surface area contributed by atoms with Crippen molar-refractivity contribution in [2.75, 3.05) is 6.61 Å². The fourth-order valence-electron chi connectivity index (χ4n) is 2.98. The van der Waals surface area contributed by atoms with E-state index in [4.69, 9.17) is 27.9 Å². The first-order chi connectivity index (χ1) is 12.0. The molecule has 7 heteroatoms. The van der Waals surface area contributed by atoms with Crippen molar-refractivity contribution in [3.8, 4) is 22.7 Å². The predicted molar refractivity (Wildman–Crippen MR) is 95.2 cm³/mol. The summed E-state index contributed by atoms with van der Waals surface area (Å²) in [6.45, 7) is 0.354. The summed E-state index contributed by atoms with van der Waals surface area (Å²) in [5, 5.41) is 15.1. The number of rotatable bonds is 2. The monoisotopic (exact) mass is 374 g/mol.